The Morgan fingerprint density at radius 3 is 1.82 bits per heavy atom. The van der Waals surface area contributed by atoms with Gasteiger partial charge in [0.1, 0.15) is 0 Å². The molecule has 0 N–H and O–H groups in total. The summed E-state index contributed by atoms with van der Waals surface area (Å²) in [6.07, 6.45) is 8.76. The Morgan fingerprint density at radius 2 is 1.41 bits per heavy atom. The molecule has 0 amide bonds. The molecule has 17 heavy (non-hydrogen) atoms. The van der Waals surface area contributed by atoms with Crippen molar-refractivity contribution in [2.45, 2.75) is 52.4 Å². The van der Waals surface area contributed by atoms with Crippen molar-refractivity contribution in [1.82, 2.24) is 0 Å². The molecular formula is C13H28O3Si. The lowest BCUT2D eigenvalue weighted by atomic mass is 10.3. The SMILES string of the molecule is C=CCO[SiH](OCCCCC)OCCCCC. The molecule has 0 radical (unpaired) electrons. The first-order valence-corrected chi connectivity index (χ1v) is 8.22. The molecule has 0 aromatic heterocycles. The molecule has 0 saturated carbocycles. The van der Waals surface area contributed by atoms with Crippen LogP contribution in [-0.4, -0.2) is 29.3 Å². The van der Waals surface area contributed by atoms with Gasteiger partial charge >= 0.3 is 9.53 Å². The van der Waals surface area contributed by atoms with Gasteiger partial charge in [-0.2, -0.15) is 0 Å². The maximum absolute atomic E-state index is 5.67. The number of hydrogen-bond acceptors (Lipinski definition) is 3. The monoisotopic (exact) mass is 260 g/mol. The first-order chi connectivity index (χ1) is 8.35. The van der Waals surface area contributed by atoms with E-state index in [2.05, 4.69) is 20.4 Å². The Balaban J connectivity index is 3.59. The Hall–Kier alpha value is -0.163. The van der Waals surface area contributed by atoms with Gasteiger partial charge in [-0.3, -0.25) is 0 Å². The average Bonchev–Trinajstić information content (AvgIpc) is 2.35. The summed E-state index contributed by atoms with van der Waals surface area (Å²) in [5, 5.41) is 0. The summed E-state index contributed by atoms with van der Waals surface area (Å²) in [5.74, 6) is 0. The topological polar surface area (TPSA) is 27.7 Å². The van der Waals surface area contributed by atoms with Gasteiger partial charge in [0.15, 0.2) is 0 Å². The number of rotatable bonds is 13. The fraction of sp³-hybridized carbons (Fsp3) is 0.846. The Bertz CT molecular complexity index is 153. The average molecular weight is 260 g/mol. The van der Waals surface area contributed by atoms with Crippen molar-refractivity contribution in [3.63, 3.8) is 0 Å². The highest BCUT2D eigenvalue weighted by atomic mass is 28.3. The van der Waals surface area contributed by atoms with E-state index in [1.165, 1.54) is 25.7 Å². The minimum atomic E-state index is -1.91. The highest BCUT2D eigenvalue weighted by molar-refractivity contribution is 6.36. The number of unbranched alkanes of at least 4 members (excludes halogenated alkanes) is 4. The van der Waals surface area contributed by atoms with Crippen molar-refractivity contribution in [1.29, 1.82) is 0 Å². The fourth-order valence-electron chi connectivity index (χ4n) is 1.35. The van der Waals surface area contributed by atoms with Crippen LogP contribution >= 0.6 is 0 Å². The summed E-state index contributed by atoms with van der Waals surface area (Å²) in [7, 11) is -1.91. The van der Waals surface area contributed by atoms with Crippen LogP contribution in [0.2, 0.25) is 0 Å². The van der Waals surface area contributed by atoms with Crippen molar-refractivity contribution in [2.75, 3.05) is 19.8 Å². The summed E-state index contributed by atoms with van der Waals surface area (Å²) >= 11 is 0. The van der Waals surface area contributed by atoms with Crippen molar-refractivity contribution in [3.8, 4) is 0 Å². The van der Waals surface area contributed by atoms with Gasteiger partial charge in [0.05, 0.1) is 6.61 Å². The predicted molar refractivity (Wildman–Crippen MR) is 74.3 cm³/mol. The summed E-state index contributed by atoms with van der Waals surface area (Å²) < 4.78 is 16.9. The first kappa shape index (κ1) is 16.8. The van der Waals surface area contributed by atoms with Crippen molar-refractivity contribution < 1.29 is 13.3 Å². The van der Waals surface area contributed by atoms with Gasteiger partial charge in [-0.1, -0.05) is 45.6 Å². The highest BCUT2D eigenvalue weighted by Gasteiger charge is 2.13. The molecule has 0 atom stereocenters. The number of hydrogen-bond donors (Lipinski definition) is 0. The second kappa shape index (κ2) is 13.9. The molecule has 4 heteroatoms. The normalized spacial score (nSPS) is 11.0. The minimum Gasteiger partial charge on any atom is -0.376 e. The lowest BCUT2D eigenvalue weighted by Crippen LogP contribution is -2.28. The molecule has 0 spiro atoms. The standard InChI is InChI=1S/C13H28O3Si/c1-4-7-9-12-15-17(14-11-6-3)16-13-10-8-5-2/h6,17H,3-5,7-13H2,1-2H3. The zero-order valence-electron chi connectivity index (χ0n) is 11.5. The Morgan fingerprint density at radius 1 is 0.882 bits per heavy atom. The smallest absolute Gasteiger partial charge is 0.376 e. The van der Waals surface area contributed by atoms with Crippen LogP contribution in [0.5, 0.6) is 0 Å². The van der Waals surface area contributed by atoms with Gasteiger partial charge in [-0.15, -0.1) is 6.58 Å². The molecular weight excluding hydrogens is 232 g/mol. The Labute approximate surface area is 108 Å². The third kappa shape index (κ3) is 12.1. The first-order valence-electron chi connectivity index (χ1n) is 6.80. The largest absolute Gasteiger partial charge is 0.484 e. The summed E-state index contributed by atoms with van der Waals surface area (Å²) in [4.78, 5) is 0. The summed E-state index contributed by atoms with van der Waals surface area (Å²) in [6, 6.07) is 0. The molecule has 0 aliphatic carbocycles. The van der Waals surface area contributed by atoms with E-state index in [0.717, 1.165) is 26.1 Å². The van der Waals surface area contributed by atoms with Crippen molar-refractivity contribution in [2.24, 2.45) is 0 Å². The maximum Gasteiger partial charge on any atom is 0.484 e. The molecule has 102 valence electrons. The van der Waals surface area contributed by atoms with Crippen LogP contribution in [0, 0.1) is 0 Å². The van der Waals surface area contributed by atoms with E-state index in [0.29, 0.717) is 6.61 Å². The van der Waals surface area contributed by atoms with Crippen LogP contribution in [0.4, 0.5) is 0 Å². The molecule has 0 rings (SSSR count). The third-order valence-electron chi connectivity index (χ3n) is 2.35. The van der Waals surface area contributed by atoms with E-state index in [9.17, 15) is 0 Å². The zero-order valence-corrected chi connectivity index (χ0v) is 12.6. The lowest BCUT2D eigenvalue weighted by Gasteiger charge is -2.15. The van der Waals surface area contributed by atoms with Crippen molar-refractivity contribution in [3.05, 3.63) is 12.7 Å². The quantitative estimate of drug-likeness (QED) is 0.289. The highest BCUT2D eigenvalue weighted by Crippen LogP contribution is 2.01. The van der Waals surface area contributed by atoms with E-state index < -0.39 is 9.53 Å². The van der Waals surface area contributed by atoms with Gasteiger partial charge in [0.2, 0.25) is 0 Å². The van der Waals surface area contributed by atoms with Crippen LogP contribution in [0.1, 0.15) is 52.4 Å². The molecule has 0 aromatic carbocycles. The molecule has 0 heterocycles. The van der Waals surface area contributed by atoms with E-state index in [1.54, 1.807) is 6.08 Å². The molecule has 0 saturated heterocycles. The van der Waals surface area contributed by atoms with Crippen molar-refractivity contribution >= 4 is 9.53 Å². The Kier molecular flexibility index (Phi) is 13.8. The van der Waals surface area contributed by atoms with Crippen LogP contribution in [0.3, 0.4) is 0 Å². The van der Waals surface area contributed by atoms with E-state index in [1.807, 2.05) is 0 Å². The molecule has 0 aliphatic rings. The van der Waals surface area contributed by atoms with Crippen LogP contribution in [0.25, 0.3) is 0 Å². The molecule has 0 aliphatic heterocycles. The predicted octanol–water partition coefficient (Wildman–Crippen LogP) is 3.32. The molecule has 0 unspecified atom stereocenters. The molecule has 3 nitrogen and oxygen atoms in total. The van der Waals surface area contributed by atoms with Crippen LogP contribution < -0.4 is 0 Å². The summed E-state index contributed by atoms with van der Waals surface area (Å²) in [5.41, 5.74) is 0. The van der Waals surface area contributed by atoms with E-state index in [-0.39, 0.29) is 0 Å². The van der Waals surface area contributed by atoms with Crippen LogP contribution in [0.15, 0.2) is 12.7 Å². The van der Waals surface area contributed by atoms with Gasteiger partial charge in [-0.25, -0.2) is 0 Å². The third-order valence-corrected chi connectivity index (χ3v) is 3.83. The molecule has 0 aromatic rings. The minimum absolute atomic E-state index is 0.526. The van der Waals surface area contributed by atoms with Gasteiger partial charge in [0.25, 0.3) is 0 Å². The fourth-order valence-corrected chi connectivity index (χ4v) is 2.65. The van der Waals surface area contributed by atoms with Gasteiger partial charge in [0, 0.05) is 13.2 Å². The second-order valence-corrected chi connectivity index (χ2v) is 5.64. The molecule has 0 fully saturated rings. The van der Waals surface area contributed by atoms with E-state index in [4.69, 9.17) is 13.3 Å². The van der Waals surface area contributed by atoms with Gasteiger partial charge < -0.3 is 13.3 Å². The van der Waals surface area contributed by atoms with E-state index >= 15 is 0 Å². The summed E-state index contributed by atoms with van der Waals surface area (Å²) in [6.45, 7) is 10.1. The lowest BCUT2D eigenvalue weighted by molar-refractivity contribution is 0.0991. The zero-order chi connectivity index (χ0) is 12.8. The molecule has 0 bridgehead atoms. The maximum atomic E-state index is 5.67. The van der Waals surface area contributed by atoms with Crippen LogP contribution in [-0.2, 0) is 13.3 Å². The van der Waals surface area contributed by atoms with Gasteiger partial charge in [-0.05, 0) is 12.8 Å². The second-order valence-electron chi connectivity index (χ2n) is 4.07.